The van der Waals surface area contributed by atoms with Crippen LogP contribution in [-0.2, 0) is 9.53 Å². The van der Waals surface area contributed by atoms with Crippen LogP contribution in [0.25, 0.3) is 0 Å². The summed E-state index contributed by atoms with van der Waals surface area (Å²) in [5.74, 6) is -3.00. The maximum absolute atomic E-state index is 13.2. The summed E-state index contributed by atoms with van der Waals surface area (Å²) in [6.45, 7) is 0. The molecule has 0 aliphatic carbocycles. The monoisotopic (exact) mass is 236 g/mol. The first-order valence-corrected chi connectivity index (χ1v) is 4.26. The van der Waals surface area contributed by atoms with E-state index in [1.54, 1.807) is 0 Å². The SMILES string of the molecule is COC(=O)C(O)c1c(F)ccc(F)c1Cl. The van der Waals surface area contributed by atoms with E-state index in [-0.39, 0.29) is 0 Å². The summed E-state index contributed by atoms with van der Waals surface area (Å²) in [5, 5.41) is 8.68. The van der Waals surface area contributed by atoms with Gasteiger partial charge in [0.2, 0.25) is 0 Å². The van der Waals surface area contributed by atoms with E-state index in [2.05, 4.69) is 4.74 Å². The highest BCUT2D eigenvalue weighted by atomic mass is 35.5. The summed E-state index contributed by atoms with van der Waals surface area (Å²) in [6, 6.07) is 1.56. The van der Waals surface area contributed by atoms with Gasteiger partial charge < -0.3 is 9.84 Å². The van der Waals surface area contributed by atoms with Gasteiger partial charge in [0.05, 0.1) is 12.1 Å². The summed E-state index contributed by atoms with van der Waals surface area (Å²) in [7, 11) is 1.01. The van der Waals surface area contributed by atoms with Gasteiger partial charge in [-0.25, -0.2) is 13.6 Å². The van der Waals surface area contributed by atoms with Crippen molar-refractivity contribution < 1.29 is 23.4 Å². The largest absolute Gasteiger partial charge is 0.467 e. The Hall–Kier alpha value is -1.20. The van der Waals surface area contributed by atoms with Crippen molar-refractivity contribution in [2.75, 3.05) is 7.11 Å². The van der Waals surface area contributed by atoms with E-state index in [1.807, 2.05) is 0 Å². The third-order valence-electron chi connectivity index (χ3n) is 1.78. The molecular weight excluding hydrogens is 230 g/mol. The molecule has 15 heavy (non-hydrogen) atoms. The van der Waals surface area contributed by atoms with Gasteiger partial charge in [0.1, 0.15) is 11.6 Å². The molecule has 0 radical (unpaired) electrons. The van der Waals surface area contributed by atoms with Crippen molar-refractivity contribution in [1.29, 1.82) is 0 Å². The molecular formula is C9H7ClF2O3. The molecule has 1 unspecified atom stereocenters. The number of esters is 1. The van der Waals surface area contributed by atoms with Crippen LogP contribution in [0.2, 0.25) is 5.02 Å². The topological polar surface area (TPSA) is 46.5 Å². The molecule has 1 rings (SSSR count). The standard InChI is InChI=1S/C9H7ClF2O3/c1-15-9(14)8(13)6-4(11)2-3-5(12)7(6)10/h2-3,8,13H,1H3. The van der Waals surface area contributed by atoms with Gasteiger partial charge in [-0.15, -0.1) is 0 Å². The minimum atomic E-state index is -1.93. The summed E-state index contributed by atoms with van der Waals surface area (Å²) in [6.07, 6.45) is -1.93. The van der Waals surface area contributed by atoms with Gasteiger partial charge in [0.15, 0.2) is 6.10 Å². The molecule has 82 valence electrons. The number of benzene rings is 1. The molecule has 1 aromatic carbocycles. The molecule has 1 aromatic rings. The maximum atomic E-state index is 13.2. The van der Waals surface area contributed by atoms with Crippen LogP contribution in [0.1, 0.15) is 11.7 Å². The van der Waals surface area contributed by atoms with Crippen LogP contribution in [0.3, 0.4) is 0 Å². The Kier molecular flexibility index (Phi) is 3.60. The van der Waals surface area contributed by atoms with Gasteiger partial charge in [-0.3, -0.25) is 0 Å². The fourth-order valence-electron chi connectivity index (χ4n) is 1.02. The molecule has 0 amide bonds. The highest BCUT2D eigenvalue weighted by Gasteiger charge is 2.26. The van der Waals surface area contributed by atoms with Crippen LogP contribution >= 0.6 is 11.6 Å². The molecule has 1 N–H and O–H groups in total. The Labute approximate surface area is 89.2 Å². The van der Waals surface area contributed by atoms with Crippen LogP contribution < -0.4 is 0 Å². The van der Waals surface area contributed by atoms with Gasteiger partial charge >= 0.3 is 5.97 Å². The zero-order chi connectivity index (χ0) is 11.6. The van der Waals surface area contributed by atoms with Crippen molar-refractivity contribution in [1.82, 2.24) is 0 Å². The lowest BCUT2D eigenvalue weighted by Crippen LogP contribution is -2.15. The number of carbonyl (C=O) groups excluding carboxylic acids is 1. The number of aliphatic hydroxyl groups is 1. The number of hydrogen-bond donors (Lipinski definition) is 1. The number of aliphatic hydroxyl groups excluding tert-OH is 1. The average Bonchev–Trinajstić information content (AvgIpc) is 2.22. The molecule has 0 aliphatic rings. The van der Waals surface area contributed by atoms with Crippen molar-refractivity contribution >= 4 is 17.6 Å². The molecule has 0 saturated carbocycles. The Balaban J connectivity index is 3.24. The van der Waals surface area contributed by atoms with E-state index in [0.29, 0.717) is 0 Å². The number of methoxy groups -OCH3 is 1. The molecule has 0 fully saturated rings. The Morgan fingerprint density at radius 1 is 1.47 bits per heavy atom. The minimum Gasteiger partial charge on any atom is -0.467 e. The summed E-state index contributed by atoms with van der Waals surface area (Å²) in [5.41, 5.74) is -0.622. The molecule has 0 saturated heterocycles. The second kappa shape index (κ2) is 4.55. The number of carbonyl (C=O) groups is 1. The molecule has 1 atom stereocenters. The molecule has 0 aliphatic heterocycles. The number of halogens is 3. The lowest BCUT2D eigenvalue weighted by Gasteiger charge is -2.11. The maximum Gasteiger partial charge on any atom is 0.339 e. The molecule has 0 aromatic heterocycles. The van der Waals surface area contributed by atoms with Gasteiger partial charge in [-0.1, -0.05) is 11.6 Å². The van der Waals surface area contributed by atoms with Gasteiger partial charge in [-0.05, 0) is 12.1 Å². The fourth-order valence-corrected chi connectivity index (χ4v) is 1.28. The first-order valence-electron chi connectivity index (χ1n) is 3.88. The highest BCUT2D eigenvalue weighted by molar-refractivity contribution is 6.31. The summed E-state index contributed by atoms with van der Waals surface area (Å²) in [4.78, 5) is 10.9. The first-order chi connectivity index (χ1) is 6.99. The average molecular weight is 237 g/mol. The van der Waals surface area contributed by atoms with Crippen LogP contribution in [0.5, 0.6) is 0 Å². The van der Waals surface area contributed by atoms with E-state index in [0.717, 1.165) is 19.2 Å². The number of rotatable bonds is 2. The quantitative estimate of drug-likeness (QED) is 0.629. The van der Waals surface area contributed by atoms with Gasteiger partial charge in [0.25, 0.3) is 0 Å². The first kappa shape index (κ1) is 11.9. The van der Waals surface area contributed by atoms with Crippen LogP contribution in [0.4, 0.5) is 8.78 Å². The number of ether oxygens (including phenoxy) is 1. The second-order valence-electron chi connectivity index (χ2n) is 2.68. The predicted octanol–water partition coefficient (Wildman–Crippen LogP) is 1.82. The molecule has 0 spiro atoms. The normalized spacial score (nSPS) is 12.3. The van der Waals surface area contributed by atoms with Gasteiger partial charge in [0, 0.05) is 5.56 Å². The Bertz CT molecular complexity index is 395. The summed E-state index contributed by atoms with van der Waals surface area (Å²) >= 11 is 5.41. The molecule has 0 bridgehead atoms. The van der Waals surface area contributed by atoms with Crippen LogP contribution in [0, 0.1) is 11.6 Å². The lowest BCUT2D eigenvalue weighted by molar-refractivity contribution is -0.150. The summed E-state index contributed by atoms with van der Waals surface area (Å²) < 4.78 is 30.3. The van der Waals surface area contributed by atoms with Crippen LogP contribution in [-0.4, -0.2) is 18.2 Å². The smallest absolute Gasteiger partial charge is 0.339 e. The van der Waals surface area contributed by atoms with Gasteiger partial charge in [-0.2, -0.15) is 0 Å². The molecule has 3 nitrogen and oxygen atoms in total. The fraction of sp³-hybridized carbons (Fsp3) is 0.222. The van der Waals surface area contributed by atoms with E-state index < -0.39 is 34.3 Å². The van der Waals surface area contributed by atoms with Crippen molar-refractivity contribution in [3.63, 3.8) is 0 Å². The van der Waals surface area contributed by atoms with E-state index in [1.165, 1.54) is 0 Å². The lowest BCUT2D eigenvalue weighted by atomic mass is 10.1. The van der Waals surface area contributed by atoms with Crippen molar-refractivity contribution in [2.24, 2.45) is 0 Å². The zero-order valence-electron chi connectivity index (χ0n) is 7.63. The van der Waals surface area contributed by atoms with Crippen LogP contribution in [0.15, 0.2) is 12.1 Å². The number of hydrogen-bond acceptors (Lipinski definition) is 3. The van der Waals surface area contributed by atoms with Crippen molar-refractivity contribution in [3.8, 4) is 0 Å². The van der Waals surface area contributed by atoms with E-state index >= 15 is 0 Å². The molecule has 0 heterocycles. The minimum absolute atomic E-state index is 0.622. The zero-order valence-corrected chi connectivity index (χ0v) is 8.39. The molecule has 6 heteroatoms. The Morgan fingerprint density at radius 2 is 2.00 bits per heavy atom. The highest BCUT2D eigenvalue weighted by Crippen LogP contribution is 2.28. The van der Waals surface area contributed by atoms with E-state index in [9.17, 15) is 18.7 Å². The third-order valence-corrected chi connectivity index (χ3v) is 2.16. The predicted molar refractivity (Wildman–Crippen MR) is 48.3 cm³/mol. The van der Waals surface area contributed by atoms with E-state index in [4.69, 9.17) is 11.6 Å². The second-order valence-corrected chi connectivity index (χ2v) is 3.06. The van der Waals surface area contributed by atoms with Crippen molar-refractivity contribution in [2.45, 2.75) is 6.10 Å². The van der Waals surface area contributed by atoms with Crippen molar-refractivity contribution in [3.05, 3.63) is 34.4 Å². The third kappa shape index (κ3) is 2.24. The Morgan fingerprint density at radius 3 is 2.53 bits per heavy atom.